The summed E-state index contributed by atoms with van der Waals surface area (Å²) in [5.41, 5.74) is 2.69. The summed E-state index contributed by atoms with van der Waals surface area (Å²) in [6.07, 6.45) is 1.73. The van der Waals surface area contributed by atoms with Gasteiger partial charge in [-0.2, -0.15) is 5.10 Å². The monoisotopic (exact) mass is 396 g/mol. The number of para-hydroxylation sites is 1. The minimum atomic E-state index is -0.393. The van der Waals surface area contributed by atoms with Crippen molar-refractivity contribution >= 4 is 39.5 Å². The van der Waals surface area contributed by atoms with Crippen molar-refractivity contribution in [3.8, 4) is 11.4 Å². The van der Waals surface area contributed by atoms with Crippen LogP contribution in [0, 0.1) is 5.82 Å². The van der Waals surface area contributed by atoms with Crippen molar-refractivity contribution < 1.29 is 13.9 Å². The molecule has 0 aliphatic rings. The number of hydrogen-bond donors (Lipinski definition) is 2. The van der Waals surface area contributed by atoms with Crippen molar-refractivity contribution in [2.75, 3.05) is 19.5 Å². The molecule has 0 bridgehead atoms. The summed E-state index contributed by atoms with van der Waals surface area (Å²) in [7, 11) is 3.10. The Morgan fingerprint density at radius 1 is 1.25 bits per heavy atom. The molecule has 28 heavy (non-hydrogen) atoms. The third kappa shape index (κ3) is 3.18. The van der Waals surface area contributed by atoms with E-state index in [4.69, 9.17) is 4.74 Å². The van der Waals surface area contributed by atoms with Crippen LogP contribution in [0.1, 0.15) is 9.67 Å². The first-order valence-corrected chi connectivity index (χ1v) is 9.37. The second-order valence-electron chi connectivity index (χ2n) is 6.02. The predicted molar refractivity (Wildman–Crippen MR) is 109 cm³/mol. The van der Waals surface area contributed by atoms with Crippen molar-refractivity contribution in [1.29, 1.82) is 0 Å². The van der Waals surface area contributed by atoms with Crippen LogP contribution in [0.3, 0.4) is 0 Å². The average molecular weight is 396 g/mol. The molecule has 2 aromatic heterocycles. The molecule has 2 heterocycles. The molecule has 0 saturated heterocycles. The molecule has 0 atom stereocenters. The third-order valence-electron chi connectivity index (χ3n) is 4.31. The maximum absolute atomic E-state index is 14.2. The lowest BCUT2D eigenvalue weighted by Crippen LogP contribution is -2.16. The highest BCUT2D eigenvalue weighted by Gasteiger charge is 2.13. The Bertz CT molecular complexity index is 1170. The van der Waals surface area contributed by atoms with Crippen LogP contribution in [0.4, 0.5) is 15.8 Å². The van der Waals surface area contributed by atoms with Crippen molar-refractivity contribution in [3.05, 3.63) is 64.7 Å². The quantitative estimate of drug-likeness (QED) is 0.527. The first-order valence-electron chi connectivity index (χ1n) is 8.49. The van der Waals surface area contributed by atoms with E-state index in [1.54, 1.807) is 36.1 Å². The highest BCUT2D eigenvalue weighted by Crippen LogP contribution is 2.32. The zero-order valence-electron chi connectivity index (χ0n) is 15.2. The third-order valence-corrected chi connectivity index (χ3v) is 5.23. The Balaban J connectivity index is 1.67. The number of nitrogens with one attached hydrogen (secondary N) is 2. The molecule has 2 aromatic carbocycles. The zero-order valence-corrected chi connectivity index (χ0v) is 16.0. The summed E-state index contributed by atoms with van der Waals surface area (Å²) in [4.78, 5) is 12.4. The molecule has 6 nitrogen and oxygen atoms in total. The summed E-state index contributed by atoms with van der Waals surface area (Å²) in [6, 6.07) is 12.1. The van der Waals surface area contributed by atoms with Crippen LogP contribution in [-0.2, 0) is 0 Å². The van der Waals surface area contributed by atoms with Gasteiger partial charge in [-0.3, -0.25) is 4.79 Å². The van der Waals surface area contributed by atoms with Crippen LogP contribution in [0.5, 0.6) is 5.75 Å². The van der Waals surface area contributed by atoms with Gasteiger partial charge in [0.2, 0.25) is 0 Å². The Kier molecular flexibility index (Phi) is 4.70. The number of carbonyl (C=O) groups is 1. The van der Waals surface area contributed by atoms with Crippen molar-refractivity contribution in [1.82, 2.24) is 15.1 Å². The van der Waals surface area contributed by atoms with Gasteiger partial charge in [0.15, 0.2) is 0 Å². The molecule has 0 radical (unpaired) electrons. The van der Waals surface area contributed by atoms with Gasteiger partial charge in [0, 0.05) is 23.5 Å². The van der Waals surface area contributed by atoms with E-state index >= 15 is 0 Å². The molecule has 0 fully saturated rings. The Morgan fingerprint density at radius 3 is 2.89 bits per heavy atom. The van der Waals surface area contributed by atoms with Crippen LogP contribution in [0.2, 0.25) is 0 Å². The van der Waals surface area contributed by atoms with Crippen molar-refractivity contribution in [2.45, 2.75) is 0 Å². The lowest BCUT2D eigenvalue weighted by Gasteiger charge is -2.12. The van der Waals surface area contributed by atoms with E-state index < -0.39 is 5.82 Å². The van der Waals surface area contributed by atoms with E-state index in [0.29, 0.717) is 16.3 Å². The van der Waals surface area contributed by atoms with Gasteiger partial charge in [-0.05, 0) is 36.4 Å². The van der Waals surface area contributed by atoms with Gasteiger partial charge >= 0.3 is 0 Å². The van der Waals surface area contributed by atoms with Gasteiger partial charge in [0.25, 0.3) is 5.91 Å². The number of thiophene rings is 1. The molecule has 1 amide bonds. The van der Waals surface area contributed by atoms with Gasteiger partial charge in [0.05, 0.1) is 29.4 Å². The molecule has 142 valence electrons. The van der Waals surface area contributed by atoms with E-state index in [1.165, 1.54) is 24.5 Å². The first kappa shape index (κ1) is 18.0. The van der Waals surface area contributed by atoms with Crippen LogP contribution in [0.25, 0.3) is 16.6 Å². The van der Waals surface area contributed by atoms with Gasteiger partial charge < -0.3 is 15.4 Å². The molecule has 2 N–H and O–H groups in total. The van der Waals surface area contributed by atoms with E-state index in [2.05, 4.69) is 15.7 Å². The highest BCUT2D eigenvalue weighted by atomic mass is 32.1. The molecule has 4 rings (SSSR count). The smallest absolute Gasteiger partial charge is 0.261 e. The maximum atomic E-state index is 14.2. The highest BCUT2D eigenvalue weighted by molar-refractivity contribution is 7.12. The van der Waals surface area contributed by atoms with Gasteiger partial charge in [-0.1, -0.05) is 6.07 Å². The van der Waals surface area contributed by atoms with E-state index in [-0.39, 0.29) is 11.6 Å². The molecule has 4 aromatic rings. The number of methoxy groups -OCH3 is 1. The number of nitrogens with zero attached hydrogens (tertiary/aromatic N) is 2. The van der Waals surface area contributed by atoms with Gasteiger partial charge in [-0.15, -0.1) is 11.3 Å². The molecular weight excluding hydrogens is 379 g/mol. The number of benzene rings is 2. The van der Waals surface area contributed by atoms with Crippen molar-refractivity contribution in [2.24, 2.45) is 0 Å². The second-order valence-corrected chi connectivity index (χ2v) is 6.93. The van der Waals surface area contributed by atoms with Crippen LogP contribution < -0.4 is 15.4 Å². The number of anilines is 2. The van der Waals surface area contributed by atoms with E-state index in [1.807, 2.05) is 23.6 Å². The second kappa shape index (κ2) is 7.32. The first-order chi connectivity index (χ1) is 13.6. The number of carbonyl (C=O) groups excluding carboxylic acids is 1. The van der Waals surface area contributed by atoms with Crippen molar-refractivity contribution in [3.63, 3.8) is 0 Å². The number of ether oxygens (including phenoxy) is 1. The lowest BCUT2D eigenvalue weighted by atomic mass is 10.2. The summed E-state index contributed by atoms with van der Waals surface area (Å²) in [5, 5.41) is 12.9. The fourth-order valence-electron chi connectivity index (χ4n) is 2.94. The SMILES string of the molecule is CNC(=O)c1cc(-n2ncc3cc(Nc4c(F)cccc4OC)ccc32)cs1. The van der Waals surface area contributed by atoms with Crippen LogP contribution in [0.15, 0.2) is 54.0 Å². The summed E-state index contributed by atoms with van der Waals surface area (Å²) in [5.74, 6) is -0.0935. The molecule has 0 unspecified atom stereocenters. The fraction of sp³-hybridized carbons (Fsp3) is 0.100. The Morgan fingerprint density at radius 2 is 2.11 bits per heavy atom. The largest absolute Gasteiger partial charge is 0.494 e. The molecule has 0 saturated carbocycles. The topological polar surface area (TPSA) is 68.2 Å². The predicted octanol–water partition coefficient (Wildman–Crippen LogP) is 4.34. The number of rotatable bonds is 5. The lowest BCUT2D eigenvalue weighted by molar-refractivity contribution is 0.0967. The van der Waals surface area contributed by atoms with E-state index in [0.717, 1.165) is 16.6 Å². The fourth-order valence-corrected chi connectivity index (χ4v) is 3.75. The molecule has 8 heteroatoms. The van der Waals surface area contributed by atoms with Gasteiger partial charge in [0.1, 0.15) is 17.3 Å². The molecular formula is C20H17FN4O2S. The average Bonchev–Trinajstić information content (AvgIpc) is 3.35. The van der Waals surface area contributed by atoms with Crippen LogP contribution in [-0.4, -0.2) is 29.8 Å². The van der Waals surface area contributed by atoms with Crippen LogP contribution >= 0.6 is 11.3 Å². The summed E-state index contributed by atoms with van der Waals surface area (Å²) >= 11 is 1.36. The number of fused-ring (bicyclic) bond motifs is 1. The Hall–Kier alpha value is -3.39. The molecule has 0 spiro atoms. The summed E-state index contributed by atoms with van der Waals surface area (Å²) < 4.78 is 21.2. The standard InChI is InChI=1S/C20H17FN4O2S/c1-22-20(26)18-9-14(11-28-18)25-16-7-6-13(8-12(16)10-23-25)24-19-15(21)4-3-5-17(19)27-2/h3-11,24H,1-2H3,(H,22,26). The maximum Gasteiger partial charge on any atom is 0.261 e. The molecule has 0 aliphatic carbocycles. The van der Waals surface area contributed by atoms with E-state index in [9.17, 15) is 9.18 Å². The summed E-state index contributed by atoms with van der Waals surface area (Å²) in [6.45, 7) is 0. The number of aromatic nitrogens is 2. The number of hydrogen-bond acceptors (Lipinski definition) is 5. The number of amides is 1. The number of halogens is 1. The normalized spacial score (nSPS) is 10.8. The molecule has 0 aliphatic heterocycles. The zero-order chi connectivity index (χ0) is 19.7. The minimum absolute atomic E-state index is 0.127. The minimum Gasteiger partial charge on any atom is -0.494 e. The van der Waals surface area contributed by atoms with Gasteiger partial charge in [-0.25, -0.2) is 9.07 Å². The Labute approximate surface area is 164 Å².